The zero-order chi connectivity index (χ0) is 18.2. The molecule has 3 rings (SSSR count). The van der Waals surface area contributed by atoms with Gasteiger partial charge in [-0.25, -0.2) is 0 Å². The first kappa shape index (κ1) is 20.4. The zero-order valence-corrected chi connectivity index (χ0v) is 17.6. The second-order valence-electron chi connectivity index (χ2n) is 9.75. The van der Waals surface area contributed by atoms with Crippen LogP contribution in [0.15, 0.2) is 12.2 Å². The van der Waals surface area contributed by atoms with Gasteiger partial charge in [-0.2, -0.15) is 0 Å². The summed E-state index contributed by atoms with van der Waals surface area (Å²) < 4.78 is 6.36. The molecule has 0 heterocycles. The van der Waals surface area contributed by atoms with Crippen LogP contribution >= 0.6 is 0 Å². The van der Waals surface area contributed by atoms with E-state index < -0.39 is 0 Å². The Bertz CT molecular complexity index is 390. The Morgan fingerprint density at radius 2 is 1.31 bits per heavy atom. The molecule has 0 aromatic carbocycles. The average Bonchev–Trinajstić information content (AvgIpc) is 2.69. The van der Waals surface area contributed by atoms with Gasteiger partial charge in [0.15, 0.2) is 0 Å². The van der Waals surface area contributed by atoms with Crippen LogP contribution in [0.25, 0.3) is 0 Å². The fourth-order valence-corrected chi connectivity index (χ4v) is 6.17. The summed E-state index contributed by atoms with van der Waals surface area (Å²) >= 11 is 0. The lowest BCUT2D eigenvalue weighted by atomic mass is 9.69. The van der Waals surface area contributed by atoms with Gasteiger partial charge in [0.25, 0.3) is 0 Å². The van der Waals surface area contributed by atoms with E-state index in [0.29, 0.717) is 6.10 Å². The van der Waals surface area contributed by atoms with E-state index in [1.807, 2.05) is 0 Å². The molecule has 1 heteroatoms. The normalized spacial score (nSPS) is 39.3. The molecule has 0 bridgehead atoms. The molecule has 0 saturated heterocycles. The van der Waals surface area contributed by atoms with Gasteiger partial charge in [-0.05, 0) is 114 Å². The Balaban J connectivity index is 1.29. The second kappa shape index (κ2) is 10.9. The van der Waals surface area contributed by atoms with Gasteiger partial charge >= 0.3 is 0 Å². The molecule has 26 heavy (non-hydrogen) atoms. The molecular formula is C25H44O. The van der Waals surface area contributed by atoms with Gasteiger partial charge in [0.2, 0.25) is 0 Å². The van der Waals surface area contributed by atoms with Gasteiger partial charge in [0, 0.05) is 6.61 Å². The first-order valence-corrected chi connectivity index (χ1v) is 12.0. The summed E-state index contributed by atoms with van der Waals surface area (Å²) in [5.41, 5.74) is 0. The predicted octanol–water partition coefficient (Wildman–Crippen LogP) is 7.55. The lowest BCUT2D eigenvalue weighted by Crippen LogP contribution is -2.29. The minimum absolute atomic E-state index is 0.586. The highest BCUT2D eigenvalue weighted by atomic mass is 16.5. The summed E-state index contributed by atoms with van der Waals surface area (Å²) in [5, 5.41) is 0. The topological polar surface area (TPSA) is 9.23 Å². The van der Waals surface area contributed by atoms with Gasteiger partial charge in [-0.3, -0.25) is 0 Å². The van der Waals surface area contributed by atoms with Crippen molar-refractivity contribution in [1.29, 1.82) is 0 Å². The van der Waals surface area contributed by atoms with Gasteiger partial charge in [-0.15, -0.1) is 0 Å². The van der Waals surface area contributed by atoms with Gasteiger partial charge in [0.1, 0.15) is 0 Å². The summed E-state index contributed by atoms with van der Waals surface area (Å²) in [6.07, 6.45) is 25.3. The highest BCUT2D eigenvalue weighted by Gasteiger charge is 2.31. The molecule has 0 N–H and O–H groups in total. The van der Waals surface area contributed by atoms with Crippen molar-refractivity contribution in [2.75, 3.05) is 6.61 Å². The molecule has 0 unspecified atom stereocenters. The molecule has 0 aromatic heterocycles. The van der Waals surface area contributed by atoms with Crippen molar-refractivity contribution in [3.8, 4) is 0 Å². The van der Waals surface area contributed by atoms with E-state index in [-0.39, 0.29) is 0 Å². The molecule has 3 saturated carbocycles. The Labute approximate surface area is 163 Å². The fourth-order valence-electron chi connectivity index (χ4n) is 6.17. The van der Waals surface area contributed by atoms with Crippen LogP contribution in [0.1, 0.15) is 104 Å². The number of hydrogen-bond acceptors (Lipinski definition) is 1. The molecule has 3 fully saturated rings. The van der Waals surface area contributed by atoms with Crippen LogP contribution in [0, 0.1) is 29.6 Å². The first-order chi connectivity index (χ1) is 12.8. The Hall–Kier alpha value is -0.300. The third-order valence-electron chi connectivity index (χ3n) is 7.90. The van der Waals surface area contributed by atoms with Crippen molar-refractivity contribution in [1.82, 2.24) is 0 Å². The van der Waals surface area contributed by atoms with Crippen molar-refractivity contribution < 1.29 is 4.74 Å². The predicted molar refractivity (Wildman–Crippen MR) is 112 cm³/mol. The van der Waals surface area contributed by atoms with E-state index in [0.717, 1.165) is 36.2 Å². The lowest BCUT2D eigenvalue weighted by molar-refractivity contribution is -0.0127. The SMILES string of the molecule is C/C=C\C1CCC(C2CCC(COC3CCC(CCC)CC3)CC2)CC1. The maximum atomic E-state index is 6.36. The first-order valence-electron chi connectivity index (χ1n) is 12.0. The maximum absolute atomic E-state index is 6.36. The largest absolute Gasteiger partial charge is 0.378 e. The van der Waals surface area contributed by atoms with E-state index in [4.69, 9.17) is 4.74 Å². The quantitative estimate of drug-likeness (QED) is 0.426. The third-order valence-corrected chi connectivity index (χ3v) is 7.90. The van der Waals surface area contributed by atoms with Crippen molar-refractivity contribution in [3.63, 3.8) is 0 Å². The van der Waals surface area contributed by atoms with Crippen molar-refractivity contribution in [2.24, 2.45) is 29.6 Å². The van der Waals surface area contributed by atoms with Crippen LogP contribution in [0.3, 0.4) is 0 Å². The zero-order valence-electron chi connectivity index (χ0n) is 17.6. The van der Waals surface area contributed by atoms with E-state index >= 15 is 0 Å². The molecule has 1 nitrogen and oxygen atoms in total. The van der Waals surface area contributed by atoms with Crippen LogP contribution < -0.4 is 0 Å². The van der Waals surface area contributed by atoms with E-state index in [1.165, 1.54) is 89.9 Å². The summed E-state index contributed by atoms with van der Waals surface area (Å²) in [4.78, 5) is 0. The van der Waals surface area contributed by atoms with Crippen molar-refractivity contribution >= 4 is 0 Å². The summed E-state index contributed by atoms with van der Waals surface area (Å²) in [6.45, 7) is 5.56. The molecule has 0 aliphatic heterocycles. The minimum Gasteiger partial charge on any atom is -0.378 e. The second-order valence-corrected chi connectivity index (χ2v) is 9.75. The number of hydrogen-bond donors (Lipinski definition) is 0. The van der Waals surface area contributed by atoms with Crippen molar-refractivity contribution in [2.45, 2.75) is 110 Å². The summed E-state index contributed by atoms with van der Waals surface area (Å²) in [6, 6.07) is 0. The van der Waals surface area contributed by atoms with Crippen LogP contribution in [0.5, 0.6) is 0 Å². The molecule has 3 aliphatic carbocycles. The van der Waals surface area contributed by atoms with Crippen molar-refractivity contribution in [3.05, 3.63) is 12.2 Å². The Morgan fingerprint density at radius 1 is 0.731 bits per heavy atom. The Kier molecular flexibility index (Phi) is 8.56. The molecular weight excluding hydrogens is 316 g/mol. The molecule has 0 radical (unpaired) electrons. The molecule has 0 aromatic rings. The van der Waals surface area contributed by atoms with E-state index in [1.54, 1.807) is 0 Å². The number of ether oxygens (including phenoxy) is 1. The van der Waals surface area contributed by atoms with E-state index in [9.17, 15) is 0 Å². The van der Waals surface area contributed by atoms with E-state index in [2.05, 4.69) is 26.0 Å². The molecule has 0 atom stereocenters. The van der Waals surface area contributed by atoms with Gasteiger partial charge in [-0.1, -0.05) is 31.9 Å². The number of allylic oxidation sites excluding steroid dienone is 2. The molecule has 0 amide bonds. The monoisotopic (exact) mass is 360 g/mol. The van der Waals surface area contributed by atoms with Gasteiger partial charge < -0.3 is 4.74 Å². The van der Waals surface area contributed by atoms with Gasteiger partial charge in [0.05, 0.1) is 6.10 Å². The molecule has 0 spiro atoms. The third kappa shape index (κ3) is 6.11. The fraction of sp³-hybridized carbons (Fsp3) is 0.920. The average molecular weight is 361 g/mol. The minimum atomic E-state index is 0.586. The van der Waals surface area contributed by atoms with Crippen LogP contribution in [0.4, 0.5) is 0 Å². The number of rotatable bonds is 7. The molecule has 3 aliphatic rings. The smallest absolute Gasteiger partial charge is 0.0575 e. The lowest BCUT2D eigenvalue weighted by Gasteiger charge is -2.38. The maximum Gasteiger partial charge on any atom is 0.0575 e. The Morgan fingerprint density at radius 3 is 1.88 bits per heavy atom. The van der Waals surface area contributed by atoms with Crippen LogP contribution in [0.2, 0.25) is 0 Å². The summed E-state index contributed by atoms with van der Waals surface area (Å²) in [5.74, 6) is 4.81. The highest BCUT2D eigenvalue weighted by Crippen LogP contribution is 2.42. The summed E-state index contributed by atoms with van der Waals surface area (Å²) in [7, 11) is 0. The van der Waals surface area contributed by atoms with Crippen LogP contribution in [-0.4, -0.2) is 12.7 Å². The van der Waals surface area contributed by atoms with Crippen LogP contribution in [-0.2, 0) is 4.74 Å². The standard InChI is InChI=1S/C25H44O/c1-3-5-20-7-13-23(14-8-20)24-15-9-22(10-16-24)19-26-25-17-11-21(6-4-2)12-18-25/h3,5,20-25H,4,6-19H2,1-2H3/b5-3-. The highest BCUT2D eigenvalue weighted by molar-refractivity contribution is 4.90. The molecule has 150 valence electrons.